The number of hydrogen-bond acceptors (Lipinski definition) is 12. The Morgan fingerprint density at radius 3 is 1.88 bits per heavy atom. The lowest BCUT2D eigenvalue weighted by molar-refractivity contribution is -0.147. The normalized spacial score (nSPS) is 13.7. The van der Waals surface area contributed by atoms with Crippen LogP contribution in [0.3, 0.4) is 0 Å². The molecule has 0 amide bonds. The van der Waals surface area contributed by atoms with Crippen LogP contribution in [0, 0.1) is 5.92 Å². The number of hydrogen-bond donors (Lipinski definition) is 1. The number of ether oxygens (including phenoxy) is 7. The zero-order chi connectivity index (χ0) is 32.1. The highest BCUT2D eigenvalue weighted by molar-refractivity contribution is 5.81. The van der Waals surface area contributed by atoms with Gasteiger partial charge in [-0.1, -0.05) is 40.2 Å². The first kappa shape index (κ1) is 36.5. The van der Waals surface area contributed by atoms with Gasteiger partial charge in [-0.15, -0.1) is 0 Å². The van der Waals surface area contributed by atoms with Gasteiger partial charge in [0.25, 0.3) is 0 Å². The van der Waals surface area contributed by atoms with Gasteiger partial charge in [0.1, 0.15) is 16.7 Å². The number of carbonyl (C=O) groups is 4. The number of esters is 1. The molecular formula is C30H47NO11. The highest BCUT2D eigenvalue weighted by atomic mass is 16.8. The molecule has 0 aromatic heterocycles. The SMILES string of the molecule is CC[C@H](C)COC(=O)OCCC(N)(Cc1ccc(OC(=O)OC(C)(C)CC)c(OC(=O)OC(C)(C)CC)c1)C(=O)OC. The van der Waals surface area contributed by atoms with Gasteiger partial charge in [0.05, 0.1) is 20.3 Å². The first-order valence-corrected chi connectivity index (χ1v) is 14.1. The van der Waals surface area contributed by atoms with E-state index in [0.29, 0.717) is 18.4 Å². The van der Waals surface area contributed by atoms with Gasteiger partial charge >= 0.3 is 24.4 Å². The minimum atomic E-state index is -1.62. The number of methoxy groups -OCH3 is 1. The summed E-state index contributed by atoms with van der Waals surface area (Å²) in [5.41, 5.74) is 3.63. The molecular weight excluding hydrogens is 550 g/mol. The second-order valence-corrected chi connectivity index (χ2v) is 11.4. The number of nitrogens with two attached hydrogens (primary N) is 1. The first-order chi connectivity index (χ1) is 19.5. The van der Waals surface area contributed by atoms with E-state index in [1.165, 1.54) is 25.3 Å². The molecule has 12 heteroatoms. The van der Waals surface area contributed by atoms with Crippen molar-refractivity contribution in [3.63, 3.8) is 0 Å². The Bertz CT molecular complexity index is 1070. The van der Waals surface area contributed by atoms with Crippen molar-refractivity contribution in [3.8, 4) is 11.5 Å². The zero-order valence-corrected chi connectivity index (χ0v) is 26.3. The van der Waals surface area contributed by atoms with Crippen LogP contribution in [0.5, 0.6) is 11.5 Å². The Balaban J connectivity index is 3.20. The Kier molecular flexibility index (Phi) is 14.1. The van der Waals surface area contributed by atoms with E-state index < -0.39 is 41.2 Å². The van der Waals surface area contributed by atoms with Crippen LogP contribution in [0.4, 0.5) is 14.4 Å². The highest BCUT2D eigenvalue weighted by Gasteiger charge is 2.36. The van der Waals surface area contributed by atoms with Crippen LogP contribution in [-0.4, -0.2) is 61.5 Å². The van der Waals surface area contributed by atoms with E-state index in [1.54, 1.807) is 27.7 Å². The molecule has 12 nitrogen and oxygen atoms in total. The maximum atomic E-state index is 12.7. The van der Waals surface area contributed by atoms with Crippen LogP contribution >= 0.6 is 0 Å². The summed E-state index contributed by atoms with van der Waals surface area (Å²) >= 11 is 0. The van der Waals surface area contributed by atoms with Crippen molar-refractivity contribution in [2.24, 2.45) is 11.7 Å². The summed E-state index contributed by atoms with van der Waals surface area (Å²) in [6.45, 7) is 14.5. The van der Waals surface area contributed by atoms with Crippen molar-refractivity contribution < 1.29 is 52.3 Å². The quantitative estimate of drug-likeness (QED) is 0.141. The van der Waals surface area contributed by atoms with Gasteiger partial charge < -0.3 is 38.9 Å². The van der Waals surface area contributed by atoms with Crippen molar-refractivity contribution in [3.05, 3.63) is 23.8 Å². The van der Waals surface area contributed by atoms with E-state index in [4.69, 9.17) is 38.9 Å². The molecule has 0 saturated carbocycles. The molecule has 0 bridgehead atoms. The van der Waals surface area contributed by atoms with Gasteiger partial charge in [-0.2, -0.15) is 0 Å². The predicted octanol–water partition coefficient (Wildman–Crippen LogP) is 6.10. The second kappa shape index (κ2) is 16.2. The summed E-state index contributed by atoms with van der Waals surface area (Å²) in [6, 6.07) is 4.30. The number of rotatable bonds is 15. The van der Waals surface area contributed by atoms with Gasteiger partial charge in [0.15, 0.2) is 11.5 Å². The van der Waals surface area contributed by atoms with Crippen LogP contribution in [0.15, 0.2) is 18.2 Å². The van der Waals surface area contributed by atoms with E-state index in [2.05, 4.69) is 0 Å². The summed E-state index contributed by atoms with van der Waals surface area (Å²) in [5.74, 6) is -0.853. The fourth-order valence-electron chi connectivity index (χ4n) is 3.16. The molecule has 1 rings (SSSR count). The summed E-state index contributed by atoms with van der Waals surface area (Å²) in [6.07, 6.45) is -1.21. The summed E-state index contributed by atoms with van der Waals surface area (Å²) in [5, 5.41) is 0. The van der Waals surface area contributed by atoms with Crippen molar-refractivity contribution in [2.45, 2.75) is 104 Å². The second-order valence-electron chi connectivity index (χ2n) is 11.4. The van der Waals surface area contributed by atoms with Crippen LogP contribution in [0.1, 0.15) is 86.6 Å². The molecule has 0 radical (unpaired) electrons. The monoisotopic (exact) mass is 597 g/mol. The average molecular weight is 598 g/mol. The number of benzene rings is 1. The Hall–Kier alpha value is -3.54. The van der Waals surface area contributed by atoms with Crippen molar-refractivity contribution >= 4 is 24.4 Å². The molecule has 2 N–H and O–H groups in total. The molecule has 0 aliphatic rings. The summed E-state index contributed by atoms with van der Waals surface area (Å²) in [7, 11) is 1.19. The molecule has 1 unspecified atom stereocenters. The summed E-state index contributed by atoms with van der Waals surface area (Å²) < 4.78 is 36.5. The zero-order valence-electron chi connectivity index (χ0n) is 26.3. The molecule has 1 aromatic rings. The van der Waals surface area contributed by atoms with Gasteiger partial charge in [-0.3, -0.25) is 4.79 Å². The van der Waals surface area contributed by atoms with Crippen molar-refractivity contribution in [2.75, 3.05) is 20.3 Å². The lowest BCUT2D eigenvalue weighted by Crippen LogP contribution is -2.51. The van der Waals surface area contributed by atoms with Gasteiger partial charge in [0.2, 0.25) is 0 Å². The highest BCUT2D eigenvalue weighted by Crippen LogP contribution is 2.32. The Morgan fingerprint density at radius 2 is 1.38 bits per heavy atom. The third-order valence-electron chi connectivity index (χ3n) is 6.88. The lowest BCUT2D eigenvalue weighted by atomic mass is 9.88. The van der Waals surface area contributed by atoms with Crippen molar-refractivity contribution in [1.29, 1.82) is 0 Å². The minimum Gasteiger partial charge on any atom is -0.468 e. The number of carbonyl (C=O) groups excluding carboxylic acids is 4. The first-order valence-electron chi connectivity index (χ1n) is 14.1. The standard InChI is InChI=1S/C30H47NO11/c1-10-20(4)19-38-25(33)37-16-15-30(31,24(32)36-9)18-21-13-14-22(39-26(34)41-28(5,6)11-2)23(17-21)40-27(35)42-29(7,8)12-3/h13-14,17,20H,10-12,15-16,18-19,31H2,1-9H3/t20-,30?/m0/s1. The molecule has 238 valence electrons. The van der Waals surface area contributed by atoms with Crippen LogP contribution in [0.2, 0.25) is 0 Å². The van der Waals surface area contributed by atoms with Gasteiger partial charge in [0, 0.05) is 12.8 Å². The lowest BCUT2D eigenvalue weighted by Gasteiger charge is -2.27. The topological polar surface area (TPSA) is 159 Å². The molecule has 2 atom stereocenters. The molecule has 0 aliphatic heterocycles. The molecule has 0 spiro atoms. The van der Waals surface area contributed by atoms with E-state index in [1.807, 2.05) is 27.7 Å². The van der Waals surface area contributed by atoms with Crippen LogP contribution < -0.4 is 15.2 Å². The molecule has 0 heterocycles. The van der Waals surface area contributed by atoms with Crippen molar-refractivity contribution in [1.82, 2.24) is 0 Å². The summed E-state index contributed by atoms with van der Waals surface area (Å²) in [4.78, 5) is 49.7. The van der Waals surface area contributed by atoms with E-state index >= 15 is 0 Å². The van der Waals surface area contributed by atoms with E-state index in [-0.39, 0.29) is 43.5 Å². The predicted molar refractivity (Wildman–Crippen MR) is 153 cm³/mol. The Morgan fingerprint density at radius 1 is 0.833 bits per heavy atom. The van der Waals surface area contributed by atoms with E-state index in [9.17, 15) is 19.2 Å². The molecule has 1 aromatic carbocycles. The van der Waals surface area contributed by atoms with Gasteiger partial charge in [-0.25, -0.2) is 14.4 Å². The maximum absolute atomic E-state index is 12.7. The fraction of sp³-hybridized carbons (Fsp3) is 0.667. The third kappa shape index (κ3) is 12.5. The van der Waals surface area contributed by atoms with Crippen LogP contribution in [-0.2, 0) is 34.9 Å². The smallest absolute Gasteiger partial charge is 0.468 e. The average Bonchev–Trinajstić information content (AvgIpc) is 2.91. The molecule has 0 fully saturated rings. The largest absolute Gasteiger partial charge is 0.514 e. The fourth-order valence-corrected chi connectivity index (χ4v) is 3.16. The third-order valence-corrected chi connectivity index (χ3v) is 6.88. The van der Waals surface area contributed by atoms with E-state index in [0.717, 1.165) is 6.42 Å². The molecule has 42 heavy (non-hydrogen) atoms. The molecule has 0 aliphatic carbocycles. The maximum Gasteiger partial charge on any atom is 0.514 e. The Labute approximate surface area is 248 Å². The van der Waals surface area contributed by atoms with Gasteiger partial charge in [-0.05, 0) is 64.2 Å². The minimum absolute atomic E-state index is 0.0995. The molecule has 0 saturated heterocycles. The van der Waals surface area contributed by atoms with Crippen LogP contribution in [0.25, 0.3) is 0 Å².